The third-order valence-corrected chi connectivity index (χ3v) is 0. The van der Waals surface area contributed by atoms with Gasteiger partial charge in [-0.1, -0.05) is 19.6 Å². The van der Waals surface area contributed by atoms with Gasteiger partial charge in [0.05, 0.1) is 0 Å². The molecule has 50 valence electrons. The second-order valence-corrected chi connectivity index (χ2v) is 13.4. The number of hydrogen-bond acceptors (Lipinski definition) is 1. The van der Waals surface area contributed by atoms with E-state index in [1.165, 1.54) is 0 Å². The molecule has 0 aliphatic heterocycles. The molecule has 2 nitrogen and oxygen atoms in total. The van der Waals surface area contributed by atoms with Crippen molar-refractivity contribution in [1.29, 1.82) is 0 Å². The van der Waals surface area contributed by atoms with Gasteiger partial charge in [-0.25, -0.2) is 0 Å². The molecule has 0 heterocycles. The molecule has 0 aromatic rings. The van der Waals surface area contributed by atoms with Gasteiger partial charge < -0.3 is 5.11 Å². The van der Waals surface area contributed by atoms with Crippen molar-refractivity contribution in [2.75, 3.05) is 0 Å². The van der Waals surface area contributed by atoms with Crippen LogP contribution in [0.2, 0.25) is 19.6 Å². The number of rotatable bonds is 0. The van der Waals surface area contributed by atoms with E-state index in [2.05, 4.69) is 34.9 Å². The highest BCUT2D eigenvalue weighted by atomic mass is 79.9. The van der Waals surface area contributed by atoms with E-state index < -0.39 is 6.69 Å². The Labute approximate surface area is 58.5 Å². The second kappa shape index (κ2) is 5.31. The summed E-state index contributed by atoms with van der Waals surface area (Å²) in [6, 6.07) is 0. The molecular formula is C4H11BrO2Si. The van der Waals surface area contributed by atoms with Crippen LogP contribution in [0, 0.1) is 0 Å². The summed E-state index contributed by atoms with van der Waals surface area (Å²) in [5.41, 5.74) is 0. The first kappa shape index (κ1) is 11.0. The van der Waals surface area contributed by atoms with Gasteiger partial charge in [-0.15, -0.1) is 15.3 Å². The maximum absolute atomic E-state index is 8.36. The summed E-state index contributed by atoms with van der Waals surface area (Å²) in [6.07, 6.45) is 0. The lowest BCUT2D eigenvalue weighted by Gasteiger charge is -1.98. The number of carbonyl (C=O) groups is 1. The van der Waals surface area contributed by atoms with Gasteiger partial charge in [-0.2, -0.15) is 0 Å². The molecule has 0 unspecified atom stereocenters. The summed E-state index contributed by atoms with van der Waals surface area (Å²) in [5, 5.41) is 6.89. The normalized spacial score (nSPS) is 9.00. The zero-order chi connectivity index (χ0) is 7.21. The Kier molecular flexibility index (Phi) is 7.32. The fourth-order valence-electron chi connectivity index (χ4n) is 0. The van der Waals surface area contributed by atoms with Crippen molar-refractivity contribution >= 4 is 28.5 Å². The second-order valence-electron chi connectivity index (χ2n) is 2.17. The first-order valence-corrected chi connectivity index (χ1v) is 7.94. The SMILES string of the molecule is C[Si](C)(C)Br.O=CO. The summed E-state index contributed by atoms with van der Waals surface area (Å²) < 4.78 is 0. The highest BCUT2D eigenvalue weighted by Crippen LogP contribution is 2.07. The molecule has 1 N–H and O–H groups in total. The van der Waals surface area contributed by atoms with Gasteiger partial charge in [0.2, 0.25) is 0 Å². The highest BCUT2D eigenvalue weighted by molar-refractivity contribution is 9.26. The maximum atomic E-state index is 8.36. The molecule has 0 rings (SSSR count). The average Bonchev–Trinajstić information content (AvgIpc) is 1.27. The summed E-state index contributed by atoms with van der Waals surface area (Å²) in [5.74, 6) is 0. The standard InChI is InChI=1S/C3H9BrSi.CH2O2/c1-5(2,3)4;2-1-3/h1-3H3;1H,(H,2,3). The van der Waals surface area contributed by atoms with Crippen molar-refractivity contribution in [1.82, 2.24) is 0 Å². The molecule has 4 heteroatoms. The largest absolute Gasteiger partial charge is 0.483 e. The molecule has 0 atom stereocenters. The van der Waals surface area contributed by atoms with Crippen LogP contribution >= 0.6 is 15.3 Å². The minimum absolute atomic E-state index is 0.250. The van der Waals surface area contributed by atoms with E-state index in [0.717, 1.165) is 0 Å². The highest BCUT2D eigenvalue weighted by Gasteiger charge is 2.03. The zero-order valence-corrected chi connectivity index (χ0v) is 7.90. The molecule has 0 aliphatic rings. The van der Waals surface area contributed by atoms with Crippen LogP contribution in [0.3, 0.4) is 0 Å². The molecule has 0 spiro atoms. The smallest absolute Gasteiger partial charge is 0.290 e. The Morgan fingerprint density at radius 2 is 1.50 bits per heavy atom. The van der Waals surface area contributed by atoms with Crippen molar-refractivity contribution in [3.63, 3.8) is 0 Å². The van der Waals surface area contributed by atoms with Gasteiger partial charge in [-0.05, 0) is 0 Å². The Hall–Kier alpha value is 0.167. The molecule has 0 amide bonds. The Morgan fingerprint density at radius 3 is 1.50 bits per heavy atom. The third kappa shape index (κ3) is 5910. The van der Waals surface area contributed by atoms with E-state index in [-0.39, 0.29) is 6.47 Å². The first-order valence-electron chi connectivity index (χ1n) is 2.18. The molecule has 0 saturated carbocycles. The van der Waals surface area contributed by atoms with Crippen molar-refractivity contribution in [2.24, 2.45) is 0 Å². The van der Waals surface area contributed by atoms with Crippen molar-refractivity contribution < 1.29 is 9.90 Å². The topological polar surface area (TPSA) is 37.3 Å². The number of halogens is 1. The van der Waals surface area contributed by atoms with Gasteiger partial charge in [0.1, 0.15) is 6.69 Å². The molecule has 0 aliphatic carbocycles. The van der Waals surface area contributed by atoms with Crippen LogP contribution < -0.4 is 0 Å². The van der Waals surface area contributed by atoms with Crippen molar-refractivity contribution in [2.45, 2.75) is 19.6 Å². The molecule has 0 radical (unpaired) electrons. The summed E-state index contributed by atoms with van der Waals surface area (Å²) in [4.78, 5) is 8.36. The van der Waals surface area contributed by atoms with E-state index >= 15 is 0 Å². The van der Waals surface area contributed by atoms with Crippen LogP contribution in [0.1, 0.15) is 0 Å². The Balaban J connectivity index is 0. The molecule has 8 heavy (non-hydrogen) atoms. The molecule has 0 aromatic carbocycles. The van der Waals surface area contributed by atoms with Crippen LogP contribution in [-0.4, -0.2) is 18.3 Å². The van der Waals surface area contributed by atoms with Gasteiger partial charge >= 0.3 is 0 Å². The van der Waals surface area contributed by atoms with Crippen LogP contribution in [-0.2, 0) is 4.79 Å². The molecule has 0 bridgehead atoms. The van der Waals surface area contributed by atoms with Crippen molar-refractivity contribution in [3.8, 4) is 0 Å². The van der Waals surface area contributed by atoms with Gasteiger partial charge in [0, 0.05) is 0 Å². The van der Waals surface area contributed by atoms with E-state index in [9.17, 15) is 0 Å². The minimum atomic E-state index is -0.799. The quantitative estimate of drug-likeness (QED) is 0.367. The molecular weight excluding hydrogens is 188 g/mol. The van der Waals surface area contributed by atoms with Crippen LogP contribution in [0.15, 0.2) is 0 Å². The van der Waals surface area contributed by atoms with Gasteiger partial charge in [0.15, 0.2) is 0 Å². The summed E-state index contributed by atoms with van der Waals surface area (Å²) in [6.45, 7) is 5.68. The predicted octanol–water partition coefficient (Wildman–Crippen LogP) is 1.92. The fraction of sp³-hybridized carbons (Fsp3) is 0.750. The summed E-state index contributed by atoms with van der Waals surface area (Å²) in [7, 11) is 0. The maximum Gasteiger partial charge on any atom is 0.290 e. The predicted molar refractivity (Wildman–Crippen MR) is 41.0 cm³/mol. The lowest BCUT2D eigenvalue weighted by Crippen LogP contribution is -2.05. The zero-order valence-electron chi connectivity index (χ0n) is 5.31. The molecule has 0 fully saturated rings. The third-order valence-electron chi connectivity index (χ3n) is 0. The molecule has 0 aromatic heterocycles. The van der Waals surface area contributed by atoms with Crippen LogP contribution in [0.5, 0.6) is 0 Å². The number of carboxylic acid groups (broad SMARTS) is 1. The fourth-order valence-corrected chi connectivity index (χ4v) is 0. The number of hydrogen-bond donors (Lipinski definition) is 1. The van der Waals surface area contributed by atoms with Crippen LogP contribution in [0.25, 0.3) is 0 Å². The van der Waals surface area contributed by atoms with E-state index in [1.807, 2.05) is 0 Å². The van der Waals surface area contributed by atoms with E-state index in [1.54, 1.807) is 0 Å². The Morgan fingerprint density at radius 1 is 1.50 bits per heavy atom. The van der Waals surface area contributed by atoms with Gasteiger partial charge in [-0.3, -0.25) is 4.79 Å². The lowest BCUT2D eigenvalue weighted by molar-refractivity contribution is -0.122. The Bertz CT molecular complexity index is 53.5. The lowest BCUT2D eigenvalue weighted by atomic mass is 11.7. The minimum Gasteiger partial charge on any atom is -0.483 e. The molecule has 0 saturated heterocycles. The van der Waals surface area contributed by atoms with E-state index in [0.29, 0.717) is 0 Å². The average molecular weight is 199 g/mol. The van der Waals surface area contributed by atoms with E-state index in [4.69, 9.17) is 9.90 Å². The monoisotopic (exact) mass is 198 g/mol. The van der Waals surface area contributed by atoms with Crippen LogP contribution in [0.4, 0.5) is 0 Å². The first-order chi connectivity index (χ1) is 3.41. The van der Waals surface area contributed by atoms with Gasteiger partial charge in [0.25, 0.3) is 6.47 Å². The summed E-state index contributed by atoms with van der Waals surface area (Å²) >= 11 is 3.51. The van der Waals surface area contributed by atoms with Crippen molar-refractivity contribution in [3.05, 3.63) is 0 Å².